The third-order valence-electron chi connectivity index (χ3n) is 2.96. The van der Waals surface area contributed by atoms with Crippen molar-refractivity contribution in [3.63, 3.8) is 0 Å². The molecule has 1 saturated heterocycles. The molecule has 1 aromatic carbocycles. The van der Waals surface area contributed by atoms with Crippen LogP contribution in [0.2, 0.25) is 0 Å². The number of hydrogen-bond donors (Lipinski definition) is 3. The number of carbonyl (C=O) groups is 3. The Labute approximate surface area is 113 Å². The summed E-state index contributed by atoms with van der Waals surface area (Å²) in [6.45, 7) is 0.152. The average molecular weight is 277 g/mol. The standard InChI is InChI=1S/C12H11N3O5/c16-10(13-4-7-11(17)15-12(18)14-7)6-1-2-8-9(3-6)20-5-19-8/h1-3,7H,4-5H2,(H,13,16)(H2,14,15,17,18). The van der Waals surface area contributed by atoms with Crippen molar-refractivity contribution in [3.05, 3.63) is 23.8 Å². The normalized spacial score (nSPS) is 19.5. The van der Waals surface area contributed by atoms with Crippen LogP contribution in [0.5, 0.6) is 11.5 Å². The molecule has 0 radical (unpaired) electrons. The molecule has 1 aromatic rings. The molecular weight excluding hydrogens is 266 g/mol. The maximum absolute atomic E-state index is 11.9. The molecule has 3 N–H and O–H groups in total. The highest BCUT2D eigenvalue weighted by Gasteiger charge is 2.29. The van der Waals surface area contributed by atoms with Crippen molar-refractivity contribution < 1.29 is 23.9 Å². The van der Waals surface area contributed by atoms with Crippen LogP contribution in [0.4, 0.5) is 4.79 Å². The SMILES string of the molecule is O=C1NC(=O)C(CNC(=O)c2ccc3c(c2)OCO3)N1. The number of ether oxygens (including phenoxy) is 2. The Bertz CT molecular complexity index is 601. The number of hydrogen-bond acceptors (Lipinski definition) is 5. The topological polar surface area (TPSA) is 106 Å². The Morgan fingerprint density at radius 3 is 2.85 bits per heavy atom. The summed E-state index contributed by atoms with van der Waals surface area (Å²) in [4.78, 5) is 34.2. The predicted molar refractivity (Wildman–Crippen MR) is 65.4 cm³/mol. The number of fused-ring (bicyclic) bond motifs is 1. The van der Waals surface area contributed by atoms with Crippen LogP contribution in [0.3, 0.4) is 0 Å². The van der Waals surface area contributed by atoms with Crippen LogP contribution in [0.1, 0.15) is 10.4 Å². The molecule has 0 saturated carbocycles. The first-order valence-electron chi connectivity index (χ1n) is 5.93. The smallest absolute Gasteiger partial charge is 0.322 e. The van der Waals surface area contributed by atoms with Crippen LogP contribution in [-0.2, 0) is 4.79 Å². The van der Waals surface area contributed by atoms with E-state index in [1.807, 2.05) is 0 Å². The molecule has 104 valence electrons. The van der Waals surface area contributed by atoms with Gasteiger partial charge >= 0.3 is 6.03 Å². The van der Waals surface area contributed by atoms with Crippen molar-refractivity contribution in [2.75, 3.05) is 13.3 Å². The number of amides is 4. The summed E-state index contributed by atoms with van der Waals surface area (Å²) in [6.07, 6.45) is 0. The summed E-state index contributed by atoms with van der Waals surface area (Å²) in [5, 5.41) is 7.05. The maximum Gasteiger partial charge on any atom is 0.322 e. The highest BCUT2D eigenvalue weighted by Crippen LogP contribution is 2.32. The number of urea groups is 1. The second kappa shape index (κ2) is 4.72. The largest absolute Gasteiger partial charge is 0.454 e. The van der Waals surface area contributed by atoms with Gasteiger partial charge in [0.1, 0.15) is 6.04 Å². The van der Waals surface area contributed by atoms with Gasteiger partial charge in [-0.25, -0.2) is 4.79 Å². The van der Waals surface area contributed by atoms with E-state index in [9.17, 15) is 14.4 Å². The van der Waals surface area contributed by atoms with Gasteiger partial charge in [-0.2, -0.15) is 0 Å². The number of rotatable bonds is 3. The van der Waals surface area contributed by atoms with Gasteiger partial charge in [0.25, 0.3) is 11.8 Å². The molecule has 8 nitrogen and oxygen atoms in total. The second-order valence-electron chi connectivity index (χ2n) is 4.29. The van der Waals surface area contributed by atoms with Gasteiger partial charge in [-0.05, 0) is 18.2 Å². The van der Waals surface area contributed by atoms with Gasteiger partial charge in [-0.15, -0.1) is 0 Å². The summed E-state index contributed by atoms with van der Waals surface area (Å²) in [6, 6.07) is 3.49. The summed E-state index contributed by atoms with van der Waals surface area (Å²) in [7, 11) is 0. The minimum atomic E-state index is -0.750. The first-order chi connectivity index (χ1) is 9.63. The molecule has 2 aliphatic heterocycles. The molecular formula is C12H11N3O5. The molecule has 0 aliphatic carbocycles. The van der Waals surface area contributed by atoms with Gasteiger partial charge in [-0.3, -0.25) is 14.9 Å². The van der Waals surface area contributed by atoms with Crippen LogP contribution in [0.15, 0.2) is 18.2 Å². The number of benzene rings is 1. The highest BCUT2D eigenvalue weighted by atomic mass is 16.7. The van der Waals surface area contributed by atoms with Gasteiger partial charge in [0.2, 0.25) is 6.79 Å². The Balaban J connectivity index is 1.62. The van der Waals surface area contributed by atoms with Gasteiger partial charge in [0, 0.05) is 12.1 Å². The number of nitrogens with one attached hydrogen (secondary N) is 3. The number of imide groups is 1. The first kappa shape index (κ1) is 12.3. The third-order valence-corrected chi connectivity index (χ3v) is 2.96. The van der Waals surface area contributed by atoms with E-state index in [2.05, 4.69) is 16.0 Å². The van der Waals surface area contributed by atoms with Crippen molar-refractivity contribution in [2.45, 2.75) is 6.04 Å². The Kier molecular flexibility index (Phi) is 2.90. The fourth-order valence-corrected chi connectivity index (χ4v) is 1.94. The minimum Gasteiger partial charge on any atom is -0.454 e. The van der Waals surface area contributed by atoms with E-state index in [0.717, 1.165) is 0 Å². The molecule has 1 unspecified atom stereocenters. The summed E-state index contributed by atoms with van der Waals surface area (Å²) < 4.78 is 10.3. The monoisotopic (exact) mass is 277 g/mol. The third kappa shape index (κ3) is 2.22. The number of carbonyl (C=O) groups excluding carboxylic acids is 3. The summed E-state index contributed by atoms with van der Waals surface area (Å²) in [5.41, 5.74) is 0.388. The Morgan fingerprint density at radius 2 is 2.10 bits per heavy atom. The van der Waals surface area contributed by atoms with Crippen LogP contribution in [0, 0.1) is 0 Å². The van der Waals surface area contributed by atoms with Crippen molar-refractivity contribution in [3.8, 4) is 11.5 Å². The lowest BCUT2D eigenvalue weighted by molar-refractivity contribution is -0.120. The van der Waals surface area contributed by atoms with E-state index in [1.54, 1.807) is 18.2 Å². The molecule has 20 heavy (non-hydrogen) atoms. The van der Waals surface area contributed by atoms with Gasteiger partial charge in [-0.1, -0.05) is 0 Å². The second-order valence-corrected chi connectivity index (χ2v) is 4.29. The zero-order valence-corrected chi connectivity index (χ0v) is 10.3. The van der Waals surface area contributed by atoms with Gasteiger partial charge in [0.15, 0.2) is 11.5 Å². The molecule has 1 atom stereocenters. The summed E-state index contributed by atoms with van der Waals surface area (Å²) >= 11 is 0. The van der Waals surface area contributed by atoms with Crippen molar-refractivity contribution >= 4 is 17.8 Å². The van der Waals surface area contributed by atoms with Crippen molar-refractivity contribution in [2.24, 2.45) is 0 Å². The van der Waals surface area contributed by atoms with E-state index in [-0.39, 0.29) is 19.2 Å². The van der Waals surface area contributed by atoms with E-state index in [4.69, 9.17) is 9.47 Å². The average Bonchev–Trinajstić information content (AvgIpc) is 3.01. The zero-order chi connectivity index (χ0) is 14.1. The maximum atomic E-state index is 11.9. The predicted octanol–water partition coefficient (Wildman–Crippen LogP) is -0.647. The van der Waals surface area contributed by atoms with Crippen LogP contribution >= 0.6 is 0 Å². The lowest BCUT2D eigenvalue weighted by Crippen LogP contribution is -2.41. The molecule has 0 spiro atoms. The Hall–Kier alpha value is -2.77. The summed E-state index contributed by atoms with van der Waals surface area (Å²) in [5.74, 6) is 0.270. The first-order valence-corrected chi connectivity index (χ1v) is 5.93. The molecule has 4 amide bonds. The highest BCUT2D eigenvalue weighted by molar-refractivity contribution is 6.04. The van der Waals surface area contributed by atoms with E-state index >= 15 is 0 Å². The van der Waals surface area contributed by atoms with Gasteiger partial charge in [0.05, 0.1) is 0 Å². The molecule has 3 rings (SSSR count). The van der Waals surface area contributed by atoms with Crippen LogP contribution in [0.25, 0.3) is 0 Å². The lowest BCUT2D eigenvalue weighted by Gasteiger charge is -2.09. The minimum absolute atomic E-state index is 0.0187. The van der Waals surface area contributed by atoms with E-state index in [1.165, 1.54) is 0 Å². The fourth-order valence-electron chi connectivity index (χ4n) is 1.94. The molecule has 1 fully saturated rings. The quantitative estimate of drug-likeness (QED) is 0.637. The van der Waals surface area contributed by atoms with Crippen molar-refractivity contribution in [1.29, 1.82) is 0 Å². The molecule has 8 heteroatoms. The van der Waals surface area contributed by atoms with E-state index in [0.29, 0.717) is 17.1 Å². The van der Waals surface area contributed by atoms with Crippen LogP contribution < -0.4 is 25.4 Å². The van der Waals surface area contributed by atoms with Crippen molar-refractivity contribution in [1.82, 2.24) is 16.0 Å². The molecule has 0 bridgehead atoms. The van der Waals surface area contributed by atoms with Crippen LogP contribution in [-0.4, -0.2) is 37.2 Å². The lowest BCUT2D eigenvalue weighted by atomic mass is 10.2. The molecule has 0 aromatic heterocycles. The van der Waals surface area contributed by atoms with E-state index < -0.39 is 18.0 Å². The zero-order valence-electron chi connectivity index (χ0n) is 10.3. The Morgan fingerprint density at radius 1 is 1.30 bits per heavy atom. The van der Waals surface area contributed by atoms with Gasteiger partial charge < -0.3 is 20.1 Å². The molecule has 2 aliphatic rings. The molecule has 2 heterocycles. The fraction of sp³-hybridized carbons (Fsp3) is 0.250.